The van der Waals surface area contributed by atoms with Crippen LogP contribution in [0.5, 0.6) is 0 Å². The molecular weight excluding hydrogens is 445 g/mol. The van der Waals surface area contributed by atoms with Crippen LogP contribution < -0.4 is 15.4 Å². The zero-order chi connectivity index (χ0) is 22.6. The molecule has 3 aromatic carbocycles. The van der Waals surface area contributed by atoms with Gasteiger partial charge in [0, 0.05) is 18.3 Å². The van der Waals surface area contributed by atoms with Crippen LogP contribution in [0.25, 0.3) is 0 Å². The summed E-state index contributed by atoms with van der Waals surface area (Å²) in [5, 5.41) is 4.84. The van der Waals surface area contributed by atoms with Gasteiger partial charge < -0.3 is 10.6 Å². The van der Waals surface area contributed by atoms with E-state index in [1.165, 1.54) is 31.3 Å². The minimum Gasteiger partial charge on any atom is -0.355 e. The lowest BCUT2D eigenvalue weighted by Crippen LogP contribution is -2.21. The van der Waals surface area contributed by atoms with Crippen molar-refractivity contribution in [1.82, 2.24) is 5.32 Å². The fourth-order valence-corrected chi connectivity index (χ4v) is 4.00. The Labute approximate surface area is 183 Å². The van der Waals surface area contributed by atoms with Gasteiger partial charge in [0.15, 0.2) is 0 Å². The third kappa shape index (κ3) is 5.19. The molecule has 10 heteroatoms. The predicted octanol–water partition coefficient (Wildman–Crippen LogP) is 3.89. The monoisotopic (exact) mass is 461 g/mol. The molecule has 7 nitrogen and oxygen atoms in total. The second-order valence-corrected chi connectivity index (χ2v) is 8.43. The summed E-state index contributed by atoms with van der Waals surface area (Å²) < 4.78 is 40.5. The number of hydrogen-bond acceptors (Lipinski definition) is 4. The number of rotatable bonds is 6. The Morgan fingerprint density at radius 2 is 1.61 bits per heavy atom. The van der Waals surface area contributed by atoms with Gasteiger partial charge in [-0.15, -0.1) is 0 Å². The third-order valence-corrected chi connectivity index (χ3v) is 5.92. The van der Waals surface area contributed by atoms with E-state index in [0.717, 1.165) is 18.2 Å². The average molecular weight is 462 g/mol. The summed E-state index contributed by atoms with van der Waals surface area (Å²) in [6, 6.07) is 15.2. The van der Waals surface area contributed by atoms with Crippen LogP contribution in [-0.4, -0.2) is 27.3 Å². The van der Waals surface area contributed by atoms with Crippen molar-refractivity contribution < 1.29 is 22.4 Å². The maximum Gasteiger partial charge on any atom is 0.261 e. The molecule has 0 fully saturated rings. The summed E-state index contributed by atoms with van der Waals surface area (Å²) in [5.74, 6) is -1.55. The number of benzene rings is 3. The van der Waals surface area contributed by atoms with Crippen LogP contribution in [-0.2, 0) is 10.0 Å². The number of amides is 2. The van der Waals surface area contributed by atoms with Crippen molar-refractivity contribution in [3.05, 3.63) is 88.7 Å². The topological polar surface area (TPSA) is 104 Å². The quantitative estimate of drug-likeness (QED) is 0.518. The summed E-state index contributed by atoms with van der Waals surface area (Å²) in [7, 11) is -2.51. The number of nitrogens with one attached hydrogen (secondary N) is 3. The van der Waals surface area contributed by atoms with E-state index in [1.807, 2.05) is 0 Å². The molecule has 3 N–H and O–H groups in total. The Morgan fingerprint density at radius 3 is 2.26 bits per heavy atom. The maximum atomic E-state index is 13.3. The van der Waals surface area contributed by atoms with Crippen molar-refractivity contribution >= 4 is 44.8 Å². The van der Waals surface area contributed by atoms with Crippen LogP contribution in [0, 0.1) is 5.82 Å². The van der Waals surface area contributed by atoms with E-state index in [9.17, 15) is 22.4 Å². The van der Waals surface area contributed by atoms with Crippen LogP contribution in [0.4, 0.5) is 15.8 Å². The first-order chi connectivity index (χ1) is 14.7. The van der Waals surface area contributed by atoms with Crippen LogP contribution in [0.3, 0.4) is 0 Å². The lowest BCUT2D eigenvalue weighted by Gasteiger charge is -2.11. The molecule has 0 atom stereocenters. The lowest BCUT2D eigenvalue weighted by atomic mass is 10.1. The molecule has 0 unspecified atom stereocenters. The summed E-state index contributed by atoms with van der Waals surface area (Å²) >= 11 is 5.65. The SMILES string of the molecule is CNC(=O)c1ccccc1NC(=O)c1ccc(NS(=O)(=O)c2ccc(F)c(Cl)c2)cc1. The zero-order valence-corrected chi connectivity index (χ0v) is 17.7. The summed E-state index contributed by atoms with van der Waals surface area (Å²) in [6.07, 6.45) is 0. The second kappa shape index (κ2) is 9.15. The van der Waals surface area contributed by atoms with Crippen molar-refractivity contribution in [3.8, 4) is 0 Å². The highest BCUT2D eigenvalue weighted by Gasteiger charge is 2.17. The fraction of sp³-hybridized carbons (Fsp3) is 0.0476. The van der Waals surface area contributed by atoms with E-state index in [4.69, 9.17) is 11.6 Å². The van der Waals surface area contributed by atoms with Crippen LogP contribution in [0.15, 0.2) is 71.6 Å². The normalized spacial score (nSPS) is 10.9. The molecule has 3 rings (SSSR count). The second-order valence-electron chi connectivity index (χ2n) is 6.34. The highest BCUT2D eigenvalue weighted by molar-refractivity contribution is 7.92. The van der Waals surface area contributed by atoms with Gasteiger partial charge in [-0.2, -0.15) is 0 Å². The number of hydrogen-bond donors (Lipinski definition) is 3. The van der Waals surface area contributed by atoms with Crippen LogP contribution in [0.2, 0.25) is 5.02 Å². The van der Waals surface area contributed by atoms with E-state index < -0.39 is 21.7 Å². The largest absolute Gasteiger partial charge is 0.355 e. The zero-order valence-electron chi connectivity index (χ0n) is 16.1. The first kappa shape index (κ1) is 22.3. The highest BCUT2D eigenvalue weighted by atomic mass is 35.5. The molecule has 0 saturated carbocycles. The molecule has 0 heterocycles. The van der Waals surface area contributed by atoms with Gasteiger partial charge in [-0.3, -0.25) is 14.3 Å². The Bertz CT molecular complexity index is 1250. The molecule has 0 radical (unpaired) electrons. The predicted molar refractivity (Wildman–Crippen MR) is 116 cm³/mol. The molecule has 0 aliphatic rings. The minimum atomic E-state index is -4.00. The van der Waals surface area contributed by atoms with E-state index in [2.05, 4.69) is 15.4 Å². The average Bonchev–Trinajstić information content (AvgIpc) is 2.75. The van der Waals surface area contributed by atoms with E-state index in [-0.39, 0.29) is 27.1 Å². The van der Waals surface area contributed by atoms with Gasteiger partial charge in [0.25, 0.3) is 21.8 Å². The minimum absolute atomic E-state index is 0.197. The van der Waals surface area contributed by atoms with Crippen molar-refractivity contribution in [2.24, 2.45) is 0 Å². The molecule has 3 aromatic rings. The Balaban J connectivity index is 1.75. The first-order valence-electron chi connectivity index (χ1n) is 8.91. The molecule has 0 aromatic heterocycles. The van der Waals surface area contributed by atoms with Gasteiger partial charge in [-0.1, -0.05) is 23.7 Å². The Morgan fingerprint density at radius 1 is 0.935 bits per heavy atom. The van der Waals surface area contributed by atoms with Crippen LogP contribution in [0.1, 0.15) is 20.7 Å². The third-order valence-electron chi connectivity index (χ3n) is 4.25. The molecular formula is C21H17ClFN3O4S. The van der Waals surface area contributed by atoms with Gasteiger partial charge in [-0.25, -0.2) is 12.8 Å². The number of sulfonamides is 1. The van der Waals surface area contributed by atoms with Gasteiger partial charge in [0.1, 0.15) is 5.82 Å². The van der Waals surface area contributed by atoms with E-state index >= 15 is 0 Å². The van der Waals surface area contributed by atoms with E-state index in [1.54, 1.807) is 24.3 Å². The van der Waals surface area contributed by atoms with Gasteiger partial charge in [0.2, 0.25) is 0 Å². The highest BCUT2D eigenvalue weighted by Crippen LogP contribution is 2.22. The number of para-hydroxylation sites is 1. The Hall–Kier alpha value is -3.43. The standard InChI is InChI=1S/C21H17ClFN3O4S/c1-24-21(28)16-4-2-3-5-19(16)25-20(27)13-6-8-14(9-7-13)26-31(29,30)15-10-11-18(23)17(22)12-15/h2-12,26H,1H3,(H,24,28)(H,25,27). The molecule has 2 amide bonds. The van der Waals surface area contributed by atoms with Crippen molar-refractivity contribution in [2.75, 3.05) is 17.1 Å². The smallest absolute Gasteiger partial charge is 0.261 e. The molecule has 31 heavy (non-hydrogen) atoms. The van der Waals surface area contributed by atoms with Crippen molar-refractivity contribution in [2.45, 2.75) is 4.90 Å². The molecule has 0 spiro atoms. The van der Waals surface area contributed by atoms with Crippen molar-refractivity contribution in [1.29, 1.82) is 0 Å². The molecule has 0 aliphatic heterocycles. The molecule has 0 bridgehead atoms. The first-order valence-corrected chi connectivity index (χ1v) is 10.8. The number of carbonyl (C=O) groups excluding carboxylic acids is 2. The van der Waals surface area contributed by atoms with E-state index in [0.29, 0.717) is 11.3 Å². The van der Waals surface area contributed by atoms with Gasteiger partial charge in [0.05, 0.1) is 21.2 Å². The number of halogens is 2. The lowest BCUT2D eigenvalue weighted by molar-refractivity contribution is 0.0964. The number of carbonyl (C=O) groups is 2. The maximum absolute atomic E-state index is 13.3. The van der Waals surface area contributed by atoms with Gasteiger partial charge >= 0.3 is 0 Å². The van der Waals surface area contributed by atoms with Gasteiger partial charge in [-0.05, 0) is 54.6 Å². The molecule has 0 saturated heterocycles. The molecule has 160 valence electrons. The molecule has 0 aliphatic carbocycles. The summed E-state index contributed by atoms with van der Waals surface area (Å²) in [5.41, 5.74) is 1.09. The number of anilines is 2. The van der Waals surface area contributed by atoms with Crippen LogP contribution >= 0.6 is 11.6 Å². The summed E-state index contributed by atoms with van der Waals surface area (Å²) in [6.45, 7) is 0. The Kier molecular flexibility index (Phi) is 6.57. The van der Waals surface area contributed by atoms with Crippen molar-refractivity contribution in [3.63, 3.8) is 0 Å². The fourth-order valence-electron chi connectivity index (χ4n) is 2.67. The summed E-state index contributed by atoms with van der Waals surface area (Å²) in [4.78, 5) is 24.3.